The molecule has 5 heteroatoms. The van der Waals surface area contributed by atoms with E-state index in [1.54, 1.807) is 0 Å². The molecular weight excluding hydrogens is 779 g/mol. The van der Waals surface area contributed by atoms with Crippen molar-refractivity contribution in [3.8, 4) is 56.7 Å². The molecule has 3 aromatic heterocycles. The molecular formula is C59H37N5. The number of nitrogens with zero attached hydrogens (tertiary/aromatic N) is 5. The second kappa shape index (κ2) is 14.5. The largest absolute Gasteiger partial charge is 0.309 e. The predicted octanol–water partition coefficient (Wildman–Crippen LogP) is 15.0. The predicted molar refractivity (Wildman–Crippen MR) is 265 cm³/mol. The number of aromatic nitrogens is 5. The fourth-order valence-electron chi connectivity index (χ4n) is 9.69. The van der Waals surface area contributed by atoms with E-state index >= 15 is 0 Å². The van der Waals surface area contributed by atoms with Gasteiger partial charge in [0.1, 0.15) is 0 Å². The van der Waals surface area contributed by atoms with Crippen molar-refractivity contribution in [3.63, 3.8) is 0 Å². The molecule has 0 radical (unpaired) electrons. The SMILES string of the molecule is c1ccc(-c2cccc(-c3nc(-c4ccccc4)nc(-c4ccc(-n5c6cc(-n7c8ccccc8c8ccc9ccccc9c87)ccc6c6cc7ccccc7cc65)cc4)n3)c2)cc1. The van der Waals surface area contributed by atoms with E-state index in [4.69, 9.17) is 15.0 Å². The second-order valence-electron chi connectivity index (χ2n) is 16.5. The lowest BCUT2D eigenvalue weighted by atomic mass is 10.0. The van der Waals surface area contributed by atoms with Crippen molar-refractivity contribution in [1.29, 1.82) is 0 Å². The van der Waals surface area contributed by atoms with Crippen molar-refractivity contribution in [2.75, 3.05) is 0 Å². The van der Waals surface area contributed by atoms with Gasteiger partial charge >= 0.3 is 0 Å². The minimum Gasteiger partial charge on any atom is -0.309 e. The summed E-state index contributed by atoms with van der Waals surface area (Å²) in [5.41, 5.74) is 11.9. The van der Waals surface area contributed by atoms with Crippen LogP contribution in [0.5, 0.6) is 0 Å². The first-order valence-electron chi connectivity index (χ1n) is 21.7. The second-order valence-corrected chi connectivity index (χ2v) is 16.5. The average molecular weight is 816 g/mol. The molecule has 3 heterocycles. The summed E-state index contributed by atoms with van der Waals surface area (Å²) in [5.74, 6) is 1.88. The standard InChI is InChI=1S/C59H37N5/c1-3-14-38(15-4-1)42-21-13-22-45(34-42)59-61-57(40-17-5-2-6-18-40)60-58(62-59)41-26-29-46(30-27-41)63-54-36-44-20-8-7-19-43(44)35-52(54)50-33-31-47(37-55(50)63)64-53-25-12-11-24-49(53)51-32-28-39-16-9-10-23-48(39)56(51)64/h1-37H. The van der Waals surface area contributed by atoms with Crippen LogP contribution in [0.15, 0.2) is 224 Å². The van der Waals surface area contributed by atoms with Crippen molar-refractivity contribution >= 4 is 65.2 Å². The molecule has 0 saturated carbocycles. The summed E-state index contributed by atoms with van der Waals surface area (Å²) in [4.78, 5) is 15.3. The number of hydrogen-bond acceptors (Lipinski definition) is 3. The topological polar surface area (TPSA) is 48.5 Å². The van der Waals surface area contributed by atoms with Gasteiger partial charge in [-0.1, -0.05) is 164 Å². The molecule has 0 aliphatic heterocycles. The maximum Gasteiger partial charge on any atom is 0.164 e. The van der Waals surface area contributed by atoms with E-state index in [2.05, 4.69) is 209 Å². The third-order valence-corrected chi connectivity index (χ3v) is 12.7. The van der Waals surface area contributed by atoms with Gasteiger partial charge in [0, 0.05) is 55.0 Å². The van der Waals surface area contributed by atoms with Crippen LogP contribution in [0.3, 0.4) is 0 Å². The fraction of sp³-hybridized carbons (Fsp3) is 0. The van der Waals surface area contributed by atoms with Gasteiger partial charge in [-0.3, -0.25) is 0 Å². The number of fused-ring (bicyclic) bond motifs is 9. The molecule has 0 amide bonds. The van der Waals surface area contributed by atoms with Crippen LogP contribution in [-0.2, 0) is 0 Å². The third kappa shape index (κ3) is 5.83. The van der Waals surface area contributed by atoms with Gasteiger partial charge in [0.25, 0.3) is 0 Å². The van der Waals surface area contributed by atoms with Gasteiger partial charge in [0.15, 0.2) is 17.5 Å². The Morgan fingerprint density at radius 2 is 0.781 bits per heavy atom. The molecule has 0 saturated heterocycles. The van der Waals surface area contributed by atoms with E-state index in [0.717, 1.165) is 50.2 Å². The van der Waals surface area contributed by atoms with Crippen LogP contribution in [0, 0.1) is 0 Å². The Balaban J connectivity index is 0.999. The van der Waals surface area contributed by atoms with Crippen LogP contribution < -0.4 is 0 Å². The van der Waals surface area contributed by atoms with Gasteiger partial charge in [-0.2, -0.15) is 0 Å². The molecule has 13 aromatic rings. The molecule has 0 N–H and O–H groups in total. The zero-order valence-electron chi connectivity index (χ0n) is 34.6. The van der Waals surface area contributed by atoms with E-state index in [1.807, 2.05) is 24.3 Å². The normalized spacial score (nSPS) is 11.8. The zero-order chi connectivity index (χ0) is 42.1. The molecule has 0 aliphatic rings. The van der Waals surface area contributed by atoms with Crippen LogP contribution in [0.4, 0.5) is 0 Å². The van der Waals surface area contributed by atoms with E-state index in [-0.39, 0.29) is 0 Å². The molecule has 0 unspecified atom stereocenters. The highest BCUT2D eigenvalue weighted by atomic mass is 15.0. The molecule has 0 atom stereocenters. The Morgan fingerprint density at radius 1 is 0.250 bits per heavy atom. The Kier molecular flexibility index (Phi) is 8.15. The number of para-hydroxylation sites is 1. The summed E-state index contributed by atoms with van der Waals surface area (Å²) < 4.78 is 4.87. The Morgan fingerprint density at radius 3 is 1.55 bits per heavy atom. The van der Waals surface area contributed by atoms with Crippen molar-refractivity contribution in [1.82, 2.24) is 24.1 Å². The first-order chi connectivity index (χ1) is 31.7. The van der Waals surface area contributed by atoms with Crippen molar-refractivity contribution in [2.45, 2.75) is 0 Å². The fourth-order valence-corrected chi connectivity index (χ4v) is 9.69. The Hall–Kier alpha value is -8.67. The Labute approximate surface area is 368 Å². The van der Waals surface area contributed by atoms with Crippen molar-refractivity contribution in [2.24, 2.45) is 0 Å². The lowest BCUT2D eigenvalue weighted by Crippen LogP contribution is -2.01. The molecule has 0 bridgehead atoms. The number of benzene rings is 10. The molecule has 0 aliphatic carbocycles. The van der Waals surface area contributed by atoms with Crippen molar-refractivity contribution < 1.29 is 0 Å². The van der Waals surface area contributed by atoms with E-state index in [0.29, 0.717) is 17.5 Å². The van der Waals surface area contributed by atoms with Gasteiger partial charge in [-0.05, 0) is 87.9 Å². The molecule has 0 fully saturated rings. The van der Waals surface area contributed by atoms with Gasteiger partial charge in [-0.15, -0.1) is 0 Å². The molecule has 64 heavy (non-hydrogen) atoms. The van der Waals surface area contributed by atoms with Gasteiger partial charge in [0.05, 0.1) is 22.1 Å². The number of rotatable bonds is 6. The summed E-state index contributed by atoms with van der Waals surface area (Å²) >= 11 is 0. The monoisotopic (exact) mass is 815 g/mol. The Bertz CT molecular complexity index is 3940. The summed E-state index contributed by atoms with van der Waals surface area (Å²) in [6, 6.07) is 80.0. The van der Waals surface area contributed by atoms with Crippen LogP contribution in [0.2, 0.25) is 0 Å². The minimum atomic E-state index is 0.620. The van der Waals surface area contributed by atoms with Crippen LogP contribution in [-0.4, -0.2) is 24.1 Å². The van der Waals surface area contributed by atoms with Crippen molar-refractivity contribution in [3.05, 3.63) is 224 Å². The molecule has 13 rings (SSSR count). The number of hydrogen-bond donors (Lipinski definition) is 0. The quantitative estimate of drug-likeness (QED) is 0.168. The molecule has 298 valence electrons. The molecule has 5 nitrogen and oxygen atoms in total. The smallest absolute Gasteiger partial charge is 0.164 e. The first-order valence-corrected chi connectivity index (χ1v) is 21.7. The van der Waals surface area contributed by atoms with Gasteiger partial charge in [0.2, 0.25) is 0 Å². The lowest BCUT2D eigenvalue weighted by molar-refractivity contribution is 1.07. The highest BCUT2D eigenvalue weighted by Gasteiger charge is 2.20. The summed E-state index contributed by atoms with van der Waals surface area (Å²) in [6.45, 7) is 0. The zero-order valence-corrected chi connectivity index (χ0v) is 34.6. The van der Waals surface area contributed by atoms with E-state index < -0.39 is 0 Å². The summed E-state index contributed by atoms with van der Waals surface area (Å²) in [7, 11) is 0. The summed E-state index contributed by atoms with van der Waals surface area (Å²) in [5, 5.41) is 9.78. The highest BCUT2D eigenvalue weighted by molar-refractivity contribution is 6.19. The molecule has 10 aromatic carbocycles. The van der Waals surface area contributed by atoms with Crippen LogP contribution in [0.25, 0.3) is 122 Å². The maximum absolute atomic E-state index is 5.14. The first kappa shape index (κ1) is 36.0. The van der Waals surface area contributed by atoms with Gasteiger partial charge in [-0.25, -0.2) is 15.0 Å². The van der Waals surface area contributed by atoms with E-state index in [9.17, 15) is 0 Å². The van der Waals surface area contributed by atoms with E-state index in [1.165, 1.54) is 54.1 Å². The van der Waals surface area contributed by atoms with Gasteiger partial charge < -0.3 is 9.13 Å². The van der Waals surface area contributed by atoms with Crippen LogP contribution in [0.1, 0.15) is 0 Å². The molecule has 0 spiro atoms. The minimum absolute atomic E-state index is 0.620. The maximum atomic E-state index is 5.14. The lowest BCUT2D eigenvalue weighted by Gasteiger charge is -2.13. The highest BCUT2D eigenvalue weighted by Crippen LogP contribution is 2.40. The summed E-state index contributed by atoms with van der Waals surface area (Å²) in [6.07, 6.45) is 0. The van der Waals surface area contributed by atoms with Crippen LogP contribution >= 0.6 is 0 Å². The third-order valence-electron chi connectivity index (χ3n) is 12.7. The average Bonchev–Trinajstić information content (AvgIpc) is 3.88.